The Kier molecular flexibility index (Phi) is 4.02. The summed E-state index contributed by atoms with van der Waals surface area (Å²) in [6, 6.07) is 7.58. The molecular weight excluding hydrogens is 294 g/mol. The van der Waals surface area contributed by atoms with E-state index in [9.17, 15) is 4.79 Å². The van der Waals surface area contributed by atoms with Crippen molar-refractivity contribution in [3.63, 3.8) is 0 Å². The van der Waals surface area contributed by atoms with Gasteiger partial charge in [-0.3, -0.25) is 9.48 Å². The maximum absolute atomic E-state index is 12.3. The second-order valence-corrected chi connectivity index (χ2v) is 5.26. The van der Waals surface area contributed by atoms with Crippen LogP contribution in [-0.2, 0) is 13.0 Å². The van der Waals surface area contributed by atoms with Crippen molar-refractivity contribution in [2.24, 2.45) is 0 Å². The number of aryl methyl sites for hydroxylation is 1. The van der Waals surface area contributed by atoms with Gasteiger partial charge in [0.25, 0.3) is 0 Å². The minimum absolute atomic E-state index is 0.0752. The molecule has 1 aromatic heterocycles. The molecule has 6 heteroatoms. The Hall–Kier alpha value is -2.81. The summed E-state index contributed by atoms with van der Waals surface area (Å²) in [5.74, 6) is 1.29. The lowest BCUT2D eigenvalue weighted by atomic mass is 10.0. The summed E-state index contributed by atoms with van der Waals surface area (Å²) in [6.45, 7) is 0.476. The van der Waals surface area contributed by atoms with E-state index in [1.165, 1.54) is 0 Å². The van der Waals surface area contributed by atoms with Gasteiger partial charge in [0, 0.05) is 6.42 Å². The van der Waals surface area contributed by atoms with Crippen LogP contribution in [0.25, 0.3) is 11.3 Å². The molecule has 0 amide bonds. The number of nitriles is 1. The zero-order chi connectivity index (χ0) is 16.4. The molecule has 1 aliphatic carbocycles. The van der Waals surface area contributed by atoms with E-state index in [1.807, 2.05) is 18.2 Å². The fourth-order valence-electron chi connectivity index (χ4n) is 3.00. The summed E-state index contributed by atoms with van der Waals surface area (Å²) in [5, 5.41) is 13.4. The zero-order valence-electron chi connectivity index (χ0n) is 13.1. The molecule has 1 aromatic carbocycles. The van der Waals surface area contributed by atoms with Gasteiger partial charge in [-0.25, -0.2) is 0 Å². The Morgan fingerprint density at radius 1 is 1.22 bits per heavy atom. The Morgan fingerprint density at radius 3 is 2.52 bits per heavy atom. The smallest absolute Gasteiger partial charge is 0.167 e. The number of ketones is 1. The lowest BCUT2D eigenvalue weighted by molar-refractivity contribution is 0.0995. The number of hydrogen-bond acceptors (Lipinski definition) is 5. The molecule has 1 aliphatic rings. The van der Waals surface area contributed by atoms with E-state index in [4.69, 9.17) is 14.7 Å². The number of methoxy groups -OCH3 is 2. The lowest BCUT2D eigenvalue weighted by Gasteiger charge is -2.12. The first-order valence-corrected chi connectivity index (χ1v) is 7.42. The van der Waals surface area contributed by atoms with Crippen molar-refractivity contribution in [3.8, 4) is 28.8 Å². The van der Waals surface area contributed by atoms with E-state index in [0.29, 0.717) is 54.1 Å². The minimum Gasteiger partial charge on any atom is -0.496 e. The molecule has 0 N–H and O–H groups in total. The quantitative estimate of drug-likeness (QED) is 0.848. The standard InChI is InChI=1S/C17H17N3O3/c1-22-13-5-3-6-14(23-2)16(13)17-15-11(7-8-12(15)21)20(19-17)10-4-9-18/h3,5-6H,4,7-8,10H2,1-2H3. The predicted molar refractivity (Wildman–Crippen MR) is 83.6 cm³/mol. The Morgan fingerprint density at radius 2 is 1.91 bits per heavy atom. The molecule has 0 unspecified atom stereocenters. The molecule has 0 saturated carbocycles. The van der Waals surface area contributed by atoms with Gasteiger partial charge < -0.3 is 9.47 Å². The number of nitrogens with zero attached hydrogens (tertiary/aromatic N) is 3. The fraction of sp³-hybridized carbons (Fsp3) is 0.353. The molecule has 2 aromatic rings. The van der Waals surface area contributed by atoms with Gasteiger partial charge in [-0.2, -0.15) is 10.4 Å². The van der Waals surface area contributed by atoms with Crippen molar-refractivity contribution < 1.29 is 14.3 Å². The van der Waals surface area contributed by atoms with E-state index in [-0.39, 0.29) is 5.78 Å². The van der Waals surface area contributed by atoms with Gasteiger partial charge in [0.05, 0.1) is 50.1 Å². The zero-order valence-corrected chi connectivity index (χ0v) is 13.1. The second-order valence-electron chi connectivity index (χ2n) is 5.26. The van der Waals surface area contributed by atoms with Crippen molar-refractivity contribution in [2.75, 3.05) is 14.2 Å². The average molecular weight is 311 g/mol. The van der Waals surface area contributed by atoms with Crippen molar-refractivity contribution >= 4 is 5.78 Å². The predicted octanol–water partition coefficient (Wildman–Crippen LogP) is 2.61. The van der Waals surface area contributed by atoms with E-state index >= 15 is 0 Å². The molecule has 3 rings (SSSR count). The summed E-state index contributed by atoms with van der Waals surface area (Å²) in [6.07, 6.45) is 1.49. The van der Waals surface area contributed by atoms with Crippen LogP contribution < -0.4 is 9.47 Å². The molecule has 0 atom stereocenters. The summed E-state index contributed by atoms with van der Waals surface area (Å²) >= 11 is 0. The number of fused-ring (bicyclic) bond motifs is 1. The SMILES string of the molecule is COc1cccc(OC)c1-c1nn(CCC#N)c2c1C(=O)CC2. The second kappa shape index (κ2) is 6.13. The van der Waals surface area contributed by atoms with Crippen molar-refractivity contribution in [3.05, 3.63) is 29.5 Å². The Labute approximate surface area is 134 Å². The maximum Gasteiger partial charge on any atom is 0.167 e. The fourth-order valence-corrected chi connectivity index (χ4v) is 3.00. The van der Waals surface area contributed by atoms with Crippen LogP contribution in [0.3, 0.4) is 0 Å². The van der Waals surface area contributed by atoms with Crippen molar-refractivity contribution in [1.29, 1.82) is 5.26 Å². The van der Waals surface area contributed by atoms with E-state index in [2.05, 4.69) is 11.2 Å². The highest BCUT2D eigenvalue weighted by Gasteiger charge is 2.32. The Balaban J connectivity index is 2.22. The number of carbonyl (C=O) groups excluding carboxylic acids is 1. The van der Waals surface area contributed by atoms with E-state index in [0.717, 1.165) is 5.69 Å². The number of rotatable bonds is 5. The van der Waals surface area contributed by atoms with Crippen LogP contribution in [0.2, 0.25) is 0 Å². The number of aromatic nitrogens is 2. The molecule has 1 heterocycles. The molecule has 0 bridgehead atoms. The van der Waals surface area contributed by atoms with Gasteiger partial charge >= 0.3 is 0 Å². The number of ether oxygens (including phenoxy) is 2. The number of hydrogen-bond donors (Lipinski definition) is 0. The number of Topliss-reactive ketones (excluding diaryl/α,β-unsaturated/α-hetero) is 1. The van der Waals surface area contributed by atoms with Crippen LogP contribution in [0.15, 0.2) is 18.2 Å². The monoisotopic (exact) mass is 311 g/mol. The molecule has 0 saturated heterocycles. The van der Waals surface area contributed by atoms with Gasteiger partial charge in [-0.15, -0.1) is 0 Å². The molecule has 23 heavy (non-hydrogen) atoms. The number of carbonyl (C=O) groups is 1. The third-order valence-corrected chi connectivity index (χ3v) is 4.03. The summed E-state index contributed by atoms with van der Waals surface area (Å²) < 4.78 is 12.6. The van der Waals surface area contributed by atoms with Crippen LogP contribution in [-0.4, -0.2) is 29.8 Å². The van der Waals surface area contributed by atoms with Gasteiger partial charge in [-0.1, -0.05) is 6.07 Å². The largest absolute Gasteiger partial charge is 0.496 e. The maximum atomic E-state index is 12.3. The highest BCUT2D eigenvalue weighted by atomic mass is 16.5. The first-order valence-electron chi connectivity index (χ1n) is 7.42. The third kappa shape index (κ3) is 2.44. The normalized spacial score (nSPS) is 12.8. The topological polar surface area (TPSA) is 77.1 Å². The summed E-state index contributed by atoms with van der Waals surface area (Å²) in [5.41, 5.74) is 2.79. The highest BCUT2D eigenvalue weighted by Crippen LogP contribution is 2.42. The molecule has 0 radical (unpaired) electrons. The Bertz CT molecular complexity index is 780. The minimum atomic E-state index is 0.0752. The lowest BCUT2D eigenvalue weighted by Crippen LogP contribution is -2.04. The third-order valence-electron chi connectivity index (χ3n) is 4.03. The molecule has 0 spiro atoms. The molecular formula is C17H17N3O3. The van der Waals surface area contributed by atoms with Gasteiger partial charge in [0.2, 0.25) is 0 Å². The van der Waals surface area contributed by atoms with Crippen molar-refractivity contribution in [1.82, 2.24) is 9.78 Å². The van der Waals surface area contributed by atoms with E-state index in [1.54, 1.807) is 18.9 Å². The van der Waals surface area contributed by atoms with Crippen LogP contribution >= 0.6 is 0 Å². The number of benzene rings is 1. The van der Waals surface area contributed by atoms with Crippen LogP contribution in [0.1, 0.15) is 28.9 Å². The van der Waals surface area contributed by atoms with Crippen LogP contribution in [0.4, 0.5) is 0 Å². The molecule has 0 aliphatic heterocycles. The van der Waals surface area contributed by atoms with Gasteiger partial charge in [0.1, 0.15) is 17.2 Å². The van der Waals surface area contributed by atoms with Gasteiger partial charge in [-0.05, 0) is 18.6 Å². The summed E-state index contributed by atoms with van der Waals surface area (Å²) in [7, 11) is 3.15. The first kappa shape index (κ1) is 15.1. The van der Waals surface area contributed by atoms with Gasteiger partial charge in [0.15, 0.2) is 5.78 Å². The average Bonchev–Trinajstić information content (AvgIpc) is 3.13. The molecule has 118 valence electrons. The molecule has 6 nitrogen and oxygen atoms in total. The van der Waals surface area contributed by atoms with Crippen LogP contribution in [0.5, 0.6) is 11.5 Å². The summed E-state index contributed by atoms with van der Waals surface area (Å²) in [4.78, 5) is 12.3. The highest BCUT2D eigenvalue weighted by molar-refractivity contribution is 6.06. The van der Waals surface area contributed by atoms with Crippen molar-refractivity contribution in [2.45, 2.75) is 25.8 Å². The van der Waals surface area contributed by atoms with E-state index < -0.39 is 0 Å². The molecule has 0 fully saturated rings. The van der Waals surface area contributed by atoms with Crippen LogP contribution in [0, 0.1) is 11.3 Å². The first-order chi connectivity index (χ1) is 11.2.